The number of aryl methyl sites for hydroxylation is 1. The summed E-state index contributed by atoms with van der Waals surface area (Å²) in [5.41, 5.74) is 3.26. The van der Waals surface area contributed by atoms with Crippen LogP contribution >= 0.6 is 11.8 Å². The summed E-state index contributed by atoms with van der Waals surface area (Å²) in [4.78, 5) is 22.8. The monoisotopic (exact) mass is 514 g/mol. The summed E-state index contributed by atoms with van der Waals surface area (Å²) >= 11 is 1.56. The lowest BCUT2D eigenvalue weighted by Gasteiger charge is -2.32. The smallest absolute Gasteiger partial charge is 0.308 e. The van der Waals surface area contributed by atoms with E-state index in [-0.39, 0.29) is 18.1 Å². The van der Waals surface area contributed by atoms with E-state index in [9.17, 15) is 9.90 Å². The molecule has 1 aliphatic heterocycles. The van der Waals surface area contributed by atoms with Crippen LogP contribution in [-0.2, 0) is 15.3 Å². The van der Waals surface area contributed by atoms with E-state index < -0.39 is 10.5 Å². The third kappa shape index (κ3) is 7.86. The van der Waals surface area contributed by atoms with E-state index in [4.69, 9.17) is 13.2 Å². The number of hydrogen-bond acceptors (Lipinski definition) is 8. The van der Waals surface area contributed by atoms with Crippen molar-refractivity contribution in [1.82, 2.24) is 14.8 Å². The number of thioether (sulfide) groups is 1. The maximum absolute atomic E-state index is 13.2. The summed E-state index contributed by atoms with van der Waals surface area (Å²) in [5.74, 6) is 0.465. The van der Waals surface area contributed by atoms with Crippen LogP contribution in [0.15, 0.2) is 65.7 Å². The number of benzene rings is 2. The fourth-order valence-electron chi connectivity index (χ4n) is 4.17. The minimum atomic E-state index is -2.61. The average molecular weight is 515 g/mol. The van der Waals surface area contributed by atoms with Crippen molar-refractivity contribution in [2.24, 2.45) is 0 Å². The van der Waals surface area contributed by atoms with Crippen LogP contribution in [0.5, 0.6) is 0 Å². The van der Waals surface area contributed by atoms with Gasteiger partial charge in [0.25, 0.3) is 0 Å². The van der Waals surface area contributed by atoms with Gasteiger partial charge < -0.3 is 10.0 Å². The van der Waals surface area contributed by atoms with E-state index in [1.807, 2.05) is 48.3 Å². The molecule has 0 aliphatic carbocycles. The van der Waals surface area contributed by atoms with Crippen LogP contribution in [0.4, 0.5) is 0 Å². The molecule has 4 rings (SSSR count). The number of pyridine rings is 1. The number of rotatable bonds is 7. The Hall–Kier alpha value is -2.79. The Morgan fingerprint density at radius 2 is 2.00 bits per heavy atom. The molecule has 1 amide bonds. The molecule has 2 atom stereocenters. The fourth-order valence-corrected chi connectivity index (χ4v) is 5.15. The molecule has 1 fully saturated rings. The fraction of sp³-hybridized carbons (Fsp3) is 0.360. The Balaban J connectivity index is 0.000000795. The molecule has 186 valence electrons. The molecule has 0 saturated carbocycles. The second-order valence-corrected chi connectivity index (χ2v) is 9.97. The maximum Gasteiger partial charge on any atom is 0.308 e. The summed E-state index contributed by atoms with van der Waals surface area (Å²) in [6.07, 6.45) is 2.32. The SMILES string of the molecule is Cc1cccc(C(CN2CC[C@H](O)C2)N(C)C(=O)CSc2cccc3ncccc23)c1.N=S(=O)=O. The van der Waals surface area contributed by atoms with Crippen LogP contribution < -0.4 is 0 Å². The molecule has 10 heteroatoms. The molecule has 0 bridgehead atoms. The summed E-state index contributed by atoms with van der Waals surface area (Å²) in [5, 5.41) is 11.0. The topological polar surface area (TPSA) is 115 Å². The number of likely N-dealkylation sites (tertiary alicyclic amines) is 1. The number of carbonyl (C=O) groups is 1. The number of amides is 1. The van der Waals surface area contributed by atoms with Crippen molar-refractivity contribution in [2.75, 3.05) is 32.4 Å². The van der Waals surface area contributed by atoms with Crippen molar-refractivity contribution in [3.8, 4) is 0 Å². The van der Waals surface area contributed by atoms with Gasteiger partial charge in [0, 0.05) is 43.2 Å². The first-order chi connectivity index (χ1) is 16.7. The van der Waals surface area contributed by atoms with Gasteiger partial charge in [-0.15, -0.1) is 11.8 Å². The highest BCUT2D eigenvalue weighted by molar-refractivity contribution is 8.00. The summed E-state index contributed by atoms with van der Waals surface area (Å²) in [6, 6.07) is 18.3. The number of aliphatic hydroxyl groups excluding tert-OH is 1. The van der Waals surface area contributed by atoms with Gasteiger partial charge >= 0.3 is 10.5 Å². The van der Waals surface area contributed by atoms with Gasteiger partial charge in [-0.3, -0.25) is 14.7 Å². The maximum atomic E-state index is 13.2. The van der Waals surface area contributed by atoms with Gasteiger partial charge in [0.05, 0.1) is 23.4 Å². The average Bonchev–Trinajstić information content (AvgIpc) is 3.24. The number of aliphatic hydroxyl groups is 1. The van der Waals surface area contributed by atoms with E-state index in [2.05, 4.69) is 35.0 Å². The molecule has 8 nitrogen and oxygen atoms in total. The van der Waals surface area contributed by atoms with E-state index in [1.165, 1.54) is 5.56 Å². The lowest BCUT2D eigenvalue weighted by molar-refractivity contribution is -0.129. The normalized spacial score (nSPS) is 16.4. The van der Waals surface area contributed by atoms with Crippen molar-refractivity contribution in [1.29, 1.82) is 4.78 Å². The highest BCUT2D eigenvalue weighted by Crippen LogP contribution is 2.29. The van der Waals surface area contributed by atoms with Crippen LogP contribution in [0.25, 0.3) is 10.9 Å². The van der Waals surface area contributed by atoms with Crippen LogP contribution in [0.3, 0.4) is 0 Å². The largest absolute Gasteiger partial charge is 0.392 e. The van der Waals surface area contributed by atoms with Gasteiger partial charge in [0.15, 0.2) is 0 Å². The van der Waals surface area contributed by atoms with Crippen molar-refractivity contribution in [2.45, 2.75) is 30.4 Å². The van der Waals surface area contributed by atoms with Crippen molar-refractivity contribution in [3.05, 3.63) is 71.9 Å². The van der Waals surface area contributed by atoms with E-state index in [0.29, 0.717) is 12.3 Å². The molecule has 1 aliphatic rings. The number of carbonyl (C=O) groups excluding carboxylic acids is 1. The Bertz CT molecular complexity index is 1260. The standard InChI is InChI=1S/C25H29N3O2S.HNO2S/c1-18-6-3-7-19(14-18)23(16-28-13-11-20(29)15-28)27(2)25(30)17-31-24-10-4-9-22-21(24)8-5-12-26-22;1-4(2)3/h3-10,12,14,20,23,29H,11,13,15-17H2,1-2H3;1H/t20-,23?;/m0./s1. The zero-order valence-corrected chi connectivity index (χ0v) is 21.4. The lowest BCUT2D eigenvalue weighted by atomic mass is 10.0. The number of hydrogen-bond donors (Lipinski definition) is 2. The van der Waals surface area contributed by atoms with Crippen LogP contribution in [-0.4, -0.2) is 72.8 Å². The molecule has 3 aromatic rings. The van der Waals surface area contributed by atoms with Crippen LogP contribution in [0, 0.1) is 11.7 Å². The number of likely N-dealkylation sites (N-methyl/N-ethyl adjacent to an activating group) is 1. The van der Waals surface area contributed by atoms with Gasteiger partial charge in [-0.05, 0) is 37.1 Å². The molecule has 2 heterocycles. The number of nitrogens with one attached hydrogen (secondary N) is 1. The third-order valence-corrected chi connectivity index (χ3v) is 6.98. The number of nitrogens with zero attached hydrogens (tertiary/aromatic N) is 3. The van der Waals surface area contributed by atoms with Crippen LogP contribution in [0.2, 0.25) is 0 Å². The molecule has 0 spiro atoms. The predicted octanol–water partition coefficient (Wildman–Crippen LogP) is 3.53. The molecule has 1 aromatic heterocycles. The van der Waals surface area contributed by atoms with E-state index in [1.54, 1.807) is 18.0 Å². The van der Waals surface area contributed by atoms with Gasteiger partial charge in [0.1, 0.15) is 0 Å². The summed E-state index contributed by atoms with van der Waals surface area (Å²) in [6.45, 7) is 4.34. The molecular formula is C25H30N4O4S2. The van der Waals surface area contributed by atoms with Gasteiger partial charge in [-0.2, -0.15) is 13.2 Å². The van der Waals surface area contributed by atoms with Crippen molar-refractivity contribution < 1.29 is 18.3 Å². The zero-order valence-electron chi connectivity index (χ0n) is 19.8. The molecule has 2 N–H and O–H groups in total. The van der Waals surface area contributed by atoms with Gasteiger partial charge in [-0.1, -0.05) is 42.0 Å². The highest BCUT2D eigenvalue weighted by atomic mass is 32.2. The molecule has 1 saturated heterocycles. The number of β-amino-alcohol motifs (C(OH)–C–C–N with tert-alkyl or cyclic N) is 1. The Morgan fingerprint density at radius 1 is 1.26 bits per heavy atom. The second-order valence-electron chi connectivity index (χ2n) is 8.49. The third-order valence-electron chi connectivity index (χ3n) is 5.92. The lowest BCUT2D eigenvalue weighted by Crippen LogP contribution is -2.39. The first-order valence-corrected chi connectivity index (χ1v) is 13.3. The zero-order chi connectivity index (χ0) is 25.4. The van der Waals surface area contributed by atoms with Gasteiger partial charge in [-0.25, -0.2) is 0 Å². The van der Waals surface area contributed by atoms with E-state index >= 15 is 0 Å². The second kappa shape index (κ2) is 12.8. The molecule has 1 unspecified atom stereocenters. The number of aromatic nitrogens is 1. The highest BCUT2D eigenvalue weighted by Gasteiger charge is 2.28. The minimum Gasteiger partial charge on any atom is -0.392 e. The quantitative estimate of drug-likeness (QED) is 0.464. The number of fused-ring (bicyclic) bond motifs is 1. The first kappa shape index (κ1) is 26.8. The van der Waals surface area contributed by atoms with E-state index in [0.717, 1.165) is 40.9 Å². The summed E-state index contributed by atoms with van der Waals surface area (Å²) in [7, 11) is -0.715. The Labute approximate surface area is 211 Å². The first-order valence-electron chi connectivity index (χ1n) is 11.2. The van der Waals surface area contributed by atoms with Gasteiger partial charge in [0.2, 0.25) is 5.91 Å². The minimum absolute atomic E-state index is 0.0486. The van der Waals surface area contributed by atoms with Crippen molar-refractivity contribution in [3.63, 3.8) is 0 Å². The predicted molar refractivity (Wildman–Crippen MR) is 138 cm³/mol. The Morgan fingerprint density at radius 3 is 2.69 bits per heavy atom. The Kier molecular flexibility index (Phi) is 9.79. The molecule has 2 aromatic carbocycles. The molecule has 0 radical (unpaired) electrons. The van der Waals surface area contributed by atoms with Crippen molar-refractivity contribution >= 4 is 39.1 Å². The molecular weight excluding hydrogens is 484 g/mol. The van der Waals surface area contributed by atoms with Crippen LogP contribution in [0.1, 0.15) is 23.6 Å². The summed E-state index contributed by atoms with van der Waals surface area (Å²) < 4.78 is 22.8. The molecule has 35 heavy (non-hydrogen) atoms.